The molecule has 0 aliphatic heterocycles. The standard InChI is InChI=1S/C14H20O2/c1-5-6-14(15)16-12-7-8-13(10(2)3)11(4)9-12/h7-10H,5-6H2,1-4H3. The maximum Gasteiger partial charge on any atom is 0.311 e. The van der Waals surface area contributed by atoms with Crippen molar-refractivity contribution in [3.05, 3.63) is 29.3 Å². The minimum absolute atomic E-state index is 0.154. The van der Waals surface area contributed by atoms with Crippen LogP contribution in [-0.4, -0.2) is 5.97 Å². The SMILES string of the molecule is CCCC(=O)Oc1ccc(C(C)C)c(C)c1. The van der Waals surface area contributed by atoms with Gasteiger partial charge in [0.15, 0.2) is 0 Å². The van der Waals surface area contributed by atoms with E-state index in [0.717, 1.165) is 6.42 Å². The predicted molar refractivity (Wildman–Crippen MR) is 65.8 cm³/mol. The normalized spacial score (nSPS) is 10.6. The van der Waals surface area contributed by atoms with Gasteiger partial charge in [-0.05, 0) is 42.5 Å². The van der Waals surface area contributed by atoms with Crippen molar-refractivity contribution < 1.29 is 9.53 Å². The van der Waals surface area contributed by atoms with Crippen LogP contribution in [-0.2, 0) is 4.79 Å². The van der Waals surface area contributed by atoms with Crippen molar-refractivity contribution in [2.24, 2.45) is 0 Å². The molecule has 0 aromatic heterocycles. The Morgan fingerprint density at radius 3 is 2.56 bits per heavy atom. The molecule has 88 valence electrons. The summed E-state index contributed by atoms with van der Waals surface area (Å²) in [4.78, 5) is 11.3. The Bertz CT molecular complexity index is 367. The number of esters is 1. The number of aryl methyl sites for hydroxylation is 1. The van der Waals surface area contributed by atoms with Crippen LogP contribution in [0.3, 0.4) is 0 Å². The van der Waals surface area contributed by atoms with E-state index in [-0.39, 0.29) is 5.97 Å². The average molecular weight is 220 g/mol. The van der Waals surface area contributed by atoms with Gasteiger partial charge in [-0.1, -0.05) is 26.8 Å². The maximum absolute atomic E-state index is 11.3. The van der Waals surface area contributed by atoms with Crippen molar-refractivity contribution in [1.29, 1.82) is 0 Å². The predicted octanol–water partition coefficient (Wildman–Crippen LogP) is 3.82. The van der Waals surface area contributed by atoms with Crippen molar-refractivity contribution in [1.82, 2.24) is 0 Å². The molecule has 0 N–H and O–H groups in total. The number of hydrogen-bond acceptors (Lipinski definition) is 2. The van der Waals surface area contributed by atoms with Crippen molar-refractivity contribution in [3.8, 4) is 5.75 Å². The number of hydrogen-bond donors (Lipinski definition) is 0. The van der Waals surface area contributed by atoms with Crippen molar-refractivity contribution in [2.75, 3.05) is 0 Å². The van der Waals surface area contributed by atoms with E-state index >= 15 is 0 Å². The Morgan fingerprint density at radius 1 is 1.38 bits per heavy atom. The van der Waals surface area contributed by atoms with Gasteiger partial charge >= 0.3 is 5.97 Å². The lowest BCUT2D eigenvalue weighted by Crippen LogP contribution is -2.07. The Morgan fingerprint density at radius 2 is 2.06 bits per heavy atom. The minimum atomic E-state index is -0.154. The van der Waals surface area contributed by atoms with Gasteiger partial charge < -0.3 is 4.74 Å². The largest absolute Gasteiger partial charge is 0.427 e. The van der Waals surface area contributed by atoms with Gasteiger partial charge in [0.2, 0.25) is 0 Å². The van der Waals surface area contributed by atoms with Gasteiger partial charge in [-0.15, -0.1) is 0 Å². The van der Waals surface area contributed by atoms with E-state index in [1.54, 1.807) is 0 Å². The fourth-order valence-corrected chi connectivity index (χ4v) is 1.75. The van der Waals surface area contributed by atoms with Gasteiger partial charge in [0.05, 0.1) is 0 Å². The summed E-state index contributed by atoms with van der Waals surface area (Å²) in [6.07, 6.45) is 1.30. The first-order valence-corrected chi connectivity index (χ1v) is 5.85. The Labute approximate surface area is 97.6 Å². The van der Waals surface area contributed by atoms with Crippen LogP contribution in [0.25, 0.3) is 0 Å². The molecular weight excluding hydrogens is 200 g/mol. The molecule has 1 aromatic rings. The molecule has 2 heteroatoms. The van der Waals surface area contributed by atoms with Gasteiger partial charge in [0, 0.05) is 6.42 Å². The van der Waals surface area contributed by atoms with Crippen LogP contribution in [0.2, 0.25) is 0 Å². The highest BCUT2D eigenvalue weighted by Gasteiger charge is 2.07. The first-order valence-electron chi connectivity index (χ1n) is 5.85. The van der Waals surface area contributed by atoms with E-state index in [4.69, 9.17) is 4.74 Å². The first kappa shape index (κ1) is 12.8. The summed E-state index contributed by atoms with van der Waals surface area (Å²) in [5, 5.41) is 0. The van der Waals surface area contributed by atoms with Crippen LogP contribution < -0.4 is 4.74 Å². The molecule has 0 spiro atoms. The van der Waals surface area contributed by atoms with Crippen LogP contribution in [0, 0.1) is 6.92 Å². The summed E-state index contributed by atoms with van der Waals surface area (Å²) in [6.45, 7) is 8.33. The van der Waals surface area contributed by atoms with E-state index in [1.165, 1.54) is 11.1 Å². The van der Waals surface area contributed by atoms with Gasteiger partial charge in [-0.3, -0.25) is 4.79 Å². The van der Waals surface area contributed by atoms with Gasteiger partial charge in [0.1, 0.15) is 5.75 Å². The second-order valence-corrected chi connectivity index (χ2v) is 4.40. The third kappa shape index (κ3) is 3.37. The second kappa shape index (κ2) is 5.69. The van der Waals surface area contributed by atoms with Crippen molar-refractivity contribution in [2.45, 2.75) is 46.5 Å². The molecule has 0 saturated heterocycles. The zero-order valence-electron chi connectivity index (χ0n) is 10.5. The number of benzene rings is 1. The Kier molecular flexibility index (Phi) is 4.53. The summed E-state index contributed by atoms with van der Waals surface area (Å²) in [6, 6.07) is 5.84. The number of carbonyl (C=O) groups is 1. The molecule has 1 aromatic carbocycles. The van der Waals surface area contributed by atoms with Crippen LogP contribution in [0.5, 0.6) is 5.75 Å². The van der Waals surface area contributed by atoms with Gasteiger partial charge in [-0.25, -0.2) is 0 Å². The highest BCUT2D eigenvalue weighted by atomic mass is 16.5. The maximum atomic E-state index is 11.3. The molecule has 0 amide bonds. The van der Waals surface area contributed by atoms with Crippen molar-refractivity contribution in [3.63, 3.8) is 0 Å². The molecule has 0 saturated carbocycles. The average Bonchev–Trinajstić information content (AvgIpc) is 2.17. The Hall–Kier alpha value is -1.31. The molecule has 16 heavy (non-hydrogen) atoms. The third-order valence-corrected chi connectivity index (χ3v) is 2.55. The minimum Gasteiger partial charge on any atom is -0.427 e. The van der Waals surface area contributed by atoms with E-state index in [9.17, 15) is 4.79 Å². The topological polar surface area (TPSA) is 26.3 Å². The van der Waals surface area contributed by atoms with Crippen molar-refractivity contribution >= 4 is 5.97 Å². The highest BCUT2D eigenvalue weighted by Crippen LogP contribution is 2.23. The quantitative estimate of drug-likeness (QED) is 0.569. The van der Waals surface area contributed by atoms with E-state index in [2.05, 4.69) is 13.8 Å². The van der Waals surface area contributed by atoms with Crippen LogP contribution >= 0.6 is 0 Å². The van der Waals surface area contributed by atoms with E-state index in [1.807, 2.05) is 32.0 Å². The third-order valence-electron chi connectivity index (χ3n) is 2.55. The Balaban J connectivity index is 2.77. The lowest BCUT2D eigenvalue weighted by atomic mass is 9.98. The van der Waals surface area contributed by atoms with Gasteiger partial charge in [-0.2, -0.15) is 0 Å². The molecule has 1 rings (SSSR count). The highest BCUT2D eigenvalue weighted by molar-refractivity contribution is 5.72. The number of carbonyl (C=O) groups excluding carboxylic acids is 1. The fraction of sp³-hybridized carbons (Fsp3) is 0.500. The molecular formula is C14H20O2. The summed E-state index contributed by atoms with van der Waals surface area (Å²) in [7, 11) is 0. The van der Waals surface area contributed by atoms with Crippen LogP contribution in [0.15, 0.2) is 18.2 Å². The lowest BCUT2D eigenvalue weighted by molar-refractivity contribution is -0.134. The summed E-state index contributed by atoms with van der Waals surface area (Å²) in [5.41, 5.74) is 2.48. The molecule has 0 radical (unpaired) electrons. The zero-order chi connectivity index (χ0) is 12.1. The van der Waals surface area contributed by atoms with Crippen LogP contribution in [0.1, 0.15) is 50.7 Å². The smallest absolute Gasteiger partial charge is 0.311 e. The van der Waals surface area contributed by atoms with E-state index in [0.29, 0.717) is 18.1 Å². The molecule has 0 fully saturated rings. The van der Waals surface area contributed by atoms with Gasteiger partial charge in [0.25, 0.3) is 0 Å². The lowest BCUT2D eigenvalue weighted by Gasteiger charge is -2.11. The first-order chi connectivity index (χ1) is 7.54. The number of ether oxygens (including phenoxy) is 1. The summed E-state index contributed by atoms with van der Waals surface area (Å²) in [5.74, 6) is 1.000. The summed E-state index contributed by atoms with van der Waals surface area (Å²) >= 11 is 0. The van der Waals surface area contributed by atoms with E-state index < -0.39 is 0 Å². The molecule has 0 atom stereocenters. The summed E-state index contributed by atoms with van der Waals surface area (Å²) < 4.78 is 5.23. The second-order valence-electron chi connectivity index (χ2n) is 4.40. The molecule has 0 aliphatic carbocycles. The molecule has 0 heterocycles. The molecule has 0 aliphatic rings. The monoisotopic (exact) mass is 220 g/mol. The number of rotatable bonds is 4. The molecule has 2 nitrogen and oxygen atoms in total. The van der Waals surface area contributed by atoms with Crippen LogP contribution in [0.4, 0.5) is 0 Å². The fourth-order valence-electron chi connectivity index (χ4n) is 1.75. The molecule has 0 bridgehead atoms. The molecule has 0 unspecified atom stereocenters. The zero-order valence-corrected chi connectivity index (χ0v) is 10.5.